The van der Waals surface area contributed by atoms with Crippen LogP contribution in [-0.4, -0.2) is 40.3 Å². The number of aromatic amines is 1. The minimum absolute atomic E-state index is 0.0947. The largest absolute Gasteiger partial charge is 0.463 e. The van der Waals surface area contributed by atoms with Crippen molar-refractivity contribution in [1.29, 1.82) is 0 Å². The topological polar surface area (TPSA) is 117 Å². The highest BCUT2D eigenvalue weighted by molar-refractivity contribution is 5.66. The zero-order valence-corrected chi connectivity index (χ0v) is 13.7. The molecule has 0 spiro atoms. The normalized spacial score (nSPS) is 23.0. The summed E-state index contributed by atoms with van der Waals surface area (Å²) in [6.45, 7) is 4.22. The summed E-state index contributed by atoms with van der Waals surface area (Å²) >= 11 is 0. The van der Waals surface area contributed by atoms with Crippen LogP contribution in [0.2, 0.25) is 0 Å². The van der Waals surface area contributed by atoms with Crippen molar-refractivity contribution in [3.63, 3.8) is 0 Å². The van der Waals surface area contributed by atoms with E-state index in [9.17, 15) is 19.2 Å². The average molecular weight is 340 g/mol. The fourth-order valence-corrected chi connectivity index (χ4v) is 2.55. The maximum Gasteiger partial charge on any atom is 0.330 e. The molecule has 0 radical (unpaired) electrons. The van der Waals surface area contributed by atoms with Crippen molar-refractivity contribution in [3.8, 4) is 0 Å². The van der Waals surface area contributed by atoms with Crippen LogP contribution >= 0.6 is 0 Å². The van der Waals surface area contributed by atoms with Gasteiger partial charge in [-0.15, -0.1) is 0 Å². The summed E-state index contributed by atoms with van der Waals surface area (Å²) in [6, 6.07) is 0. The molecule has 24 heavy (non-hydrogen) atoms. The summed E-state index contributed by atoms with van der Waals surface area (Å²) in [7, 11) is 0. The van der Waals surface area contributed by atoms with E-state index in [2.05, 4.69) is 4.98 Å². The smallest absolute Gasteiger partial charge is 0.330 e. The number of H-pyrrole nitrogens is 1. The van der Waals surface area contributed by atoms with Gasteiger partial charge >= 0.3 is 17.6 Å². The zero-order valence-electron chi connectivity index (χ0n) is 13.7. The number of nitrogens with one attached hydrogen (secondary N) is 1. The number of hydrogen-bond acceptors (Lipinski definition) is 7. The lowest BCUT2D eigenvalue weighted by Gasteiger charge is -2.17. The molecule has 2 rings (SSSR count). The highest BCUT2D eigenvalue weighted by Gasteiger charge is 2.39. The summed E-state index contributed by atoms with van der Waals surface area (Å²) in [4.78, 5) is 48.1. The van der Waals surface area contributed by atoms with Crippen LogP contribution in [-0.2, 0) is 30.2 Å². The fourth-order valence-electron chi connectivity index (χ4n) is 2.55. The molecule has 0 aromatic carbocycles. The Hall–Kier alpha value is -2.42. The third-order valence-electron chi connectivity index (χ3n) is 3.68. The molecule has 1 aliphatic rings. The molecule has 132 valence electrons. The Kier molecular flexibility index (Phi) is 5.55. The molecular formula is C15H20N2O7. The molecule has 0 aliphatic carbocycles. The molecule has 0 bridgehead atoms. The molecule has 1 N–H and O–H groups in total. The lowest BCUT2D eigenvalue weighted by molar-refractivity contribution is -0.155. The van der Waals surface area contributed by atoms with E-state index in [-0.39, 0.29) is 13.0 Å². The van der Waals surface area contributed by atoms with E-state index >= 15 is 0 Å². The first-order chi connectivity index (χ1) is 11.3. The van der Waals surface area contributed by atoms with Crippen molar-refractivity contribution in [2.75, 3.05) is 6.61 Å². The number of esters is 2. The van der Waals surface area contributed by atoms with Crippen LogP contribution < -0.4 is 11.2 Å². The molecule has 0 saturated carbocycles. The van der Waals surface area contributed by atoms with Crippen molar-refractivity contribution in [2.24, 2.45) is 0 Å². The second-order valence-corrected chi connectivity index (χ2v) is 5.49. The molecular weight excluding hydrogens is 320 g/mol. The molecule has 1 fully saturated rings. The van der Waals surface area contributed by atoms with Gasteiger partial charge < -0.3 is 14.2 Å². The Morgan fingerprint density at radius 3 is 2.62 bits per heavy atom. The van der Waals surface area contributed by atoms with E-state index in [4.69, 9.17) is 14.2 Å². The second kappa shape index (κ2) is 7.43. The van der Waals surface area contributed by atoms with E-state index in [0.717, 1.165) is 0 Å². The second-order valence-electron chi connectivity index (χ2n) is 5.49. The Balaban J connectivity index is 2.25. The minimum atomic E-state index is -0.732. The maximum atomic E-state index is 12.0. The van der Waals surface area contributed by atoms with Gasteiger partial charge in [0.15, 0.2) is 0 Å². The van der Waals surface area contributed by atoms with Crippen LogP contribution in [0.1, 0.15) is 39.0 Å². The molecule has 1 aromatic rings. The molecule has 9 heteroatoms. The Bertz CT molecular complexity index is 736. The number of carbonyl (C=O) groups is 2. The van der Waals surface area contributed by atoms with Crippen molar-refractivity contribution in [1.82, 2.24) is 9.55 Å². The molecule has 3 unspecified atom stereocenters. The van der Waals surface area contributed by atoms with Crippen LogP contribution in [0.5, 0.6) is 0 Å². The van der Waals surface area contributed by atoms with E-state index in [1.807, 2.05) is 0 Å². The van der Waals surface area contributed by atoms with Gasteiger partial charge in [-0.3, -0.25) is 23.9 Å². The van der Waals surface area contributed by atoms with Gasteiger partial charge in [0.25, 0.3) is 5.56 Å². The summed E-state index contributed by atoms with van der Waals surface area (Å²) in [6.07, 6.45) is 0.0185. The van der Waals surface area contributed by atoms with Crippen LogP contribution in [0.3, 0.4) is 0 Å². The number of ether oxygens (including phenoxy) is 3. The highest BCUT2D eigenvalue weighted by atomic mass is 16.6. The van der Waals surface area contributed by atoms with Gasteiger partial charge in [-0.1, -0.05) is 6.92 Å². The summed E-state index contributed by atoms with van der Waals surface area (Å²) in [5.74, 6) is -0.988. The van der Waals surface area contributed by atoms with Gasteiger partial charge in [0.05, 0.1) is 0 Å². The minimum Gasteiger partial charge on any atom is -0.463 e. The molecule has 1 aliphatic heterocycles. The summed E-state index contributed by atoms with van der Waals surface area (Å²) in [5.41, 5.74) is -0.618. The van der Waals surface area contributed by atoms with Gasteiger partial charge in [0, 0.05) is 32.0 Å². The van der Waals surface area contributed by atoms with Gasteiger partial charge in [-0.25, -0.2) is 4.79 Å². The number of aromatic nitrogens is 2. The quantitative estimate of drug-likeness (QED) is 0.743. The summed E-state index contributed by atoms with van der Waals surface area (Å²) in [5, 5.41) is 0. The molecule has 3 atom stereocenters. The first kappa shape index (κ1) is 17.9. The van der Waals surface area contributed by atoms with Crippen molar-refractivity contribution < 1.29 is 23.8 Å². The van der Waals surface area contributed by atoms with E-state index < -0.39 is 41.6 Å². The molecule has 1 saturated heterocycles. The lowest BCUT2D eigenvalue weighted by atomic mass is 10.2. The molecule has 9 nitrogen and oxygen atoms in total. The molecule has 2 heterocycles. The van der Waals surface area contributed by atoms with Gasteiger partial charge in [-0.2, -0.15) is 0 Å². The predicted molar refractivity (Wildman–Crippen MR) is 81.4 cm³/mol. The van der Waals surface area contributed by atoms with Gasteiger partial charge in [0.2, 0.25) is 0 Å². The number of nitrogens with zero attached hydrogens (tertiary/aromatic N) is 1. The van der Waals surface area contributed by atoms with Gasteiger partial charge in [-0.05, 0) is 6.42 Å². The molecule has 0 amide bonds. The SMILES string of the molecule is CCc1cn(C2CC(OC(C)=O)C(COC(C)=O)O2)c(=O)[nH]c1=O. The third kappa shape index (κ3) is 4.10. The maximum absolute atomic E-state index is 12.0. The highest BCUT2D eigenvalue weighted by Crippen LogP contribution is 2.30. The number of aryl methyl sites for hydroxylation is 1. The monoisotopic (exact) mass is 340 g/mol. The summed E-state index contributed by atoms with van der Waals surface area (Å²) < 4.78 is 17.1. The van der Waals surface area contributed by atoms with Crippen molar-refractivity contribution in [2.45, 2.75) is 52.0 Å². The molecule has 1 aromatic heterocycles. The van der Waals surface area contributed by atoms with Gasteiger partial charge in [0.1, 0.15) is 25.0 Å². The predicted octanol–water partition coefficient (Wildman–Crippen LogP) is -0.119. The van der Waals surface area contributed by atoms with Crippen molar-refractivity contribution in [3.05, 3.63) is 32.6 Å². The lowest BCUT2D eigenvalue weighted by Crippen LogP contribution is -2.34. The number of rotatable bonds is 5. The number of carbonyl (C=O) groups excluding carboxylic acids is 2. The van der Waals surface area contributed by atoms with E-state index in [1.54, 1.807) is 6.92 Å². The average Bonchev–Trinajstić information content (AvgIpc) is 2.87. The van der Waals surface area contributed by atoms with E-state index in [0.29, 0.717) is 12.0 Å². The van der Waals surface area contributed by atoms with Crippen molar-refractivity contribution >= 4 is 11.9 Å². The third-order valence-corrected chi connectivity index (χ3v) is 3.68. The Morgan fingerprint density at radius 1 is 1.33 bits per heavy atom. The Morgan fingerprint density at radius 2 is 2.04 bits per heavy atom. The first-order valence-corrected chi connectivity index (χ1v) is 7.62. The van der Waals surface area contributed by atoms with Crippen LogP contribution in [0.4, 0.5) is 0 Å². The van der Waals surface area contributed by atoms with Crippen LogP contribution in [0, 0.1) is 0 Å². The fraction of sp³-hybridized carbons (Fsp3) is 0.600. The van der Waals surface area contributed by atoms with Crippen LogP contribution in [0.15, 0.2) is 15.8 Å². The Labute approximate surface area is 137 Å². The number of hydrogen-bond donors (Lipinski definition) is 1. The zero-order chi connectivity index (χ0) is 17.9. The van der Waals surface area contributed by atoms with Crippen LogP contribution in [0.25, 0.3) is 0 Å². The van der Waals surface area contributed by atoms with E-state index in [1.165, 1.54) is 24.6 Å². The standard InChI is InChI=1S/C15H20N2O7/c1-4-10-6-17(15(21)16-14(10)20)13-5-11(23-9(3)19)12(24-13)7-22-8(2)18/h6,11-13H,4-5,7H2,1-3H3,(H,16,20,21). The first-order valence-electron chi connectivity index (χ1n) is 7.62.